The van der Waals surface area contributed by atoms with Crippen LogP contribution in [-0.4, -0.2) is 15.0 Å². The van der Waals surface area contributed by atoms with Gasteiger partial charge in [0.15, 0.2) is 40.4 Å². The number of fused-ring (bicyclic) bond motifs is 6. The minimum atomic E-state index is -2.13. The molecular formula is C33H3F4N13+2. The van der Waals surface area contributed by atoms with Gasteiger partial charge >= 0.3 is 22.0 Å². The number of halogens is 4. The van der Waals surface area contributed by atoms with Gasteiger partial charge in [-0.25, -0.2) is 32.5 Å². The number of nitrogens with zero attached hydrogens (tertiary/aromatic N) is 13. The summed E-state index contributed by atoms with van der Waals surface area (Å²) in [5.41, 5.74) is -3.74. The predicted molar refractivity (Wildman–Crippen MR) is 159 cm³/mol. The van der Waals surface area contributed by atoms with Gasteiger partial charge in [0.05, 0.1) is 32.6 Å². The van der Waals surface area contributed by atoms with Gasteiger partial charge < -0.3 is 0 Å². The number of rotatable bonds is 0. The zero-order chi connectivity index (χ0) is 36.3. The average molecular weight is 657 g/mol. The first kappa shape index (κ1) is 32.4. The van der Waals surface area contributed by atoms with Crippen LogP contribution in [0, 0.1) is 126 Å². The standard InChI is InChI=1S/C33H3F4N13/c34-27-25(17(6-40)7-41)28(35)30(37)26(29(27)36)18(8-42)13-47-46-12-16-3-20-19-1-14(4-38)22(9-43)48-31(19)21-2-15(5-39)23(10-44)49-33(21)32(20)50-24(16)11-45/h1-3H/q+2. The van der Waals surface area contributed by atoms with E-state index in [1.165, 1.54) is 24.3 Å². The summed E-state index contributed by atoms with van der Waals surface area (Å²) in [5, 5.41) is 72.7. The second kappa shape index (κ2) is 12.8. The predicted octanol–water partition coefficient (Wildman–Crippen LogP) is 3.75. The van der Waals surface area contributed by atoms with Crippen molar-refractivity contribution < 1.29 is 17.6 Å². The molecule has 17 heteroatoms. The monoisotopic (exact) mass is 657 g/mol. The molecule has 0 fully saturated rings. The third-order valence-corrected chi connectivity index (χ3v) is 6.88. The molecule has 226 valence electrons. The topological polar surface area (TPSA) is 238 Å². The van der Waals surface area contributed by atoms with Crippen molar-refractivity contribution in [2.45, 2.75) is 0 Å². The molecule has 13 nitrogen and oxygen atoms in total. The van der Waals surface area contributed by atoms with Crippen molar-refractivity contribution in [3.8, 4) is 60.7 Å². The molecule has 50 heavy (non-hydrogen) atoms. The lowest BCUT2D eigenvalue weighted by Crippen LogP contribution is -2.31. The van der Waals surface area contributed by atoms with E-state index in [9.17, 15) is 49.1 Å². The van der Waals surface area contributed by atoms with Crippen molar-refractivity contribution in [3.63, 3.8) is 0 Å². The Kier molecular flexibility index (Phi) is 8.30. The van der Waals surface area contributed by atoms with Gasteiger partial charge in [-0.05, 0) is 18.2 Å². The fourth-order valence-corrected chi connectivity index (χ4v) is 4.71. The summed E-state index contributed by atoms with van der Waals surface area (Å²) in [6.45, 7) is 0. The maximum absolute atomic E-state index is 14.8. The Bertz CT molecular complexity index is 2990. The molecule has 5 aromatic rings. The molecule has 0 aliphatic rings. The zero-order valence-electron chi connectivity index (χ0n) is 24.1. The Morgan fingerprint density at radius 2 is 0.880 bits per heavy atom. The van der Waals surface area contributed by atoms with E-state index in [2.05, 4.69) is 30.9 Å². The molecule has 3 heterocycles. The molecule has 3 aromatic heterocycles. The van der Waals surface area contributed by atoms with Crippen molar-refractivity contribution in [1.82, 2.24) is 15.0 Å². The number of pyridine rings is 3. The lowest BCUT2D eigenvalue weighted by atomic mass is 9.98. The molecule has 0 aliphatic carbocycles. The van der Waals surface area contributed by atoms with Crippen LogP contribution in [0.4, 0.5) is 17.6 Å². The van der Waals surface area contributed by atoms with Gasteiger partial charge in [-0.3, -0.25) is 0 Å². The van der Waals surface area contributed by atoms with E-state index in [1.54, 1.807) is 24.3 Å². The van der Waals surface area contributed by atoms with Crippen molar-refractivity contribution in [3.05, 3.63) is 95.6 Å². The summed E-state index contributed by atoms with van der Waals surface area (Å²) in [5.74, 6) is -8.51. The molecule has 0 radical (unpaired) electrons. The SMILES string of the molecule is N#CC(C#N)=c1c(F)c(F)c(=C(C#N)C#[N+][N+]#Cc2cc3c4cc(C#N)c(C#N)nc4c4cc(C#N)c(C#N)nc4c3nc2C#N)c(F)c1F. The number of nitriles is 8. The third-order valence-electron chi connectivity index (χ3n) is 6.88. The van der Waals surface area contributed by atoms with E-state index in [1.807, 2.05) is 12.1 Å². The Morgan fingerprint density at radius 3 is 1.36 bits per heavy atom. The van der Waals surface area contributed by atoms with Crippen molar-refractivity contribution >= 4 is 43.9 Å². The molecule has 0 unspecified atom stereocenters. The van der Waals surface area contributed by atoms with E-state index in [4.69, 9.17) is 10.5 Å². The number of benzene rings is 2. The van der Waals surface area contributed by atoms with Crippen LogP contribution in [0.2, 0.25) is 0 Å². The molecule has 0 amide bonds. The molecule has 5 rings (SSSR count). The van der Waals surface area contributed by atoms with Crippen molar-refractivity contribution in [2.24, 2.45) is 0 Å². The summed E-state index contributed by atoms with van der Waals surface area (Å²) in [6, 6.07) is 20.5. The maximum atomic E-state index is 14.8. The zero-order valence-corrected chi connectivity index (χ0v) is 24.1. The number of aromatic nitrogens is 3. The molecule has 0 saturated carbocycles. The van der Waals surface area contributed by atoms with E-state index < -0.39 is 44.9 Å². The summed E-state index contributed by atoms with van der Waals surface area (Å²) in [4.78, 5) is 19.6. The normalized spacial score (nSPS) is 9.52. The molecule has 0 spiro atoms. The van der Waals surface area contributed by atoms with E-state index in [0.717, 1.165) is 12.1 Å². The second-order valence-electron chi connectivity index (χ2n) is 9.42. The van der Waals surface area contributed by atoms with Crippen LogP contribution in [-0.2, 0) is 0 Å². The van der Waals surface area contributed by atoms with Crippen LogP contribution in [0.25, 0.3) is 53.8 Å². The minimum absolute atomic E-state index is 0.00699. The molecule has 0 aliphatic heterocycles. The third kappa shape index (κ3) is 5.02. The highest BCUT2D eigenvalue weighted by Gasteiger charge is 2.25. The molecule has 0 N–H and O–H groups in total. The largest absolute Gasteiger partial charge is 0.440 e. The van der Waals surface area contributed by atoms with Gasteiger partial charge in [0.1, 0.15) is 65.2 Å². The van der Waals surface area contributed by atoms with Crippen molar-refractivity contribution in [2.75, 3.05) is 0 Å². The Labute approximate surface area is 274 Å². The van der Waals surface area contributed by atoms with Gasteiger partial charge in [-0.2, -0.15) is 42.1 Å². The van der Waals surface area contributed by atoms with Gasteiger partial charge in [0.25, 0.3) is 0 Å². The Balaban J connectivity index is 1.82. The second-order valence-corrected chi connectivity index (χ2v) is 9.42. The van der Waals surface area contributed by atoms with Crippen LogP contribution in [0.5, 0.6) is 0 Å². The fraction of sp³-hybridized carbons (Fsp3) is 0. The smallest absolute Gasteiger partial charge is 0.235 e. The first-order valence-corrected chi connectivity index (χ1v) is 13.0. The summed E-state index contributed by atoms with van der Waals surface area (Å²) >= 11 is 0. The summed E-state index contributed by atoms with van der Waals surface area (Å²) in [7, 11) is 0. The van der Waals surface area contributed by atoms with E-state index >= 15 is 0 Å². The van der Waals surface area contributed by atoms with Gasteiger partial charge in [0.2, 0.25) is 5.57 Å². The summed E-state index contributed by atoms with van der Waals surface area (Å²) in [6.07, 6.45) is 0. The molecule has 0 saturated heterocycles. The highest BCUT2D eigenvalue weighted by atomic mass is 19.2. The van der Waals surface area contributed by atoms with E-state index in [0.29, 0.717) is 0 Å². The van der Waals surface area contributed by atoms with Crippen LogP contribution in [0.1, 0.15) is 33.8 Å². The van der Waals surface area contributed by atoms with Gasteiger partial charge in [-0.15, -0.1) is 0 Å². The maximum Gasteiger partial charge on any atom is 0.440 e. The summed E-state index contributed by atoms with van der Waals surface area (Å²) < 4.78 is 58.8. The number of hydrogen-bond acceptors (Lipinski definition) is 11. The first-order chi connectivity index (χ1) is 24.1. The number of hydrogen-bond donors (Lipinski definition) is 0. The highest BCUT2D eigenvalue weighted by Crippen LogP contribution is 2.35. The van der Waals surface area contributed by atoms with Crippen LogP contribution < -0.4 is 10.4 Å². The van der Waals surface area contributed by atoms with Gasteiger partial charge in [-0.1, -0.05) is 0 Å². The lowest BCUT2D eigenvalue weighted by molar-refractivity contribution is 0.434. The van der Waals surface area contributed by atoms with Crippen LogP contribution in [0.3, 0.4) is 0 Å². The molecular weight excluding hydrogens is 654 g/mol. The molecule has 0 bridgehead atoms. The minimum Gasteiger partial charge on any atom is -0.235 e. The Morgan fingerprint density at radius 1 is 0.480 bits per heavy atom. The first-order valence-electron chi connectivity index (χ1n) is 13.0. The van der Waals surface area contributed by atoms with Gasteiger partial charge in [0, 0.05) is 16.2 Å². The molecule has 2 aromatic carbocycles. The van der Waals surface area contributed by atoms with E-state index in [-0.39, 0.29) is 66.5 Å². The van der Waals surface area contributed by atoms with Crippen LogP contribution >= 0.6 is 0 Å². The lowest BCUT2D eigenvalue weighted by Gasteiger charge is -2.10. The fourth-order valence-electron chi connectivity index (χ4n) is 4.71. The Hall–Kier alpha value is -8.97. The van der Waals surface area contributed by atoms with Crippen molar-refractivity contribution in [1.29, 1.82) is 42.1 Å². The molecule has 0 atom stereocenters. The average Bonchev–Trinajstić information content (AvgIpc) is 3.14. The highest BCUT2D eigenvalue weighted by molar-refractivity contribution is 6.22. The van der Waals surface area contributed by atoms with Crippen LogP contribution in [0.15, 0.2) is 18.2 Å². The quantitative estimate of drug-likeness (QED) is 0.101.